The van der Waals surface area contributed by atoms with Crippen molar-refractivity contribution in [2.24, 2.45) is 0 Å². The summed E-state index contributed by atoms with van der Waals surface area (Å²) in [7, 11) is -3.67. The number of rotatable bonds is 4. The zero-order valence-corrected chi connectivity index (χ0v) is 16.8. The molecule has 1 N–H and O–H groups in total. The van der Waals surface area contributed by atoms with Gasteiger partial charge in [-0.05, 0) is 43.8 Å². The third-order valence-corrected chi connectivity index (χ3v) is 5.22. The first-order valence-electron chi connectivity index (χ1n) is 11.0. The molecule has 4 rings (SSSR count). The number of ether oxygens (including phenoxy) is 1. The maximum Gasteiger partial charge on any atom is 0.261 e. The lowest BCUT2D eigenvalue weighted by Gasteiger charge is -2.38. The Bertz CT molecular complexity index is 877. The van der Waals surface area contributed by atoms with Crippen LogP contribution >= 0.6 is 0 Å². The van der Waals surface area contributed by atoms with E-state index in [4.69, 9.17) is 13.4 Å². The van der Waals surface area contributed by atoms with Gasteiger partial charge in [0.05, 0.1) is 12.4 Å². The third-order valence-electron chi connectivity index (χ3n) is 5.22. The first-order chi connectivity index (χ1) is 14.5. The van der Waals surface area contributed by atoms with Crippen LogP contribution in [0.1, 0.15) is 47.0 Å². The van der Waals surface area contributed by atoms with Crippen LogP contribution < -0.4 is 0 Å². The fraction of sp³-hybridized carbons (Fsp3) is 0.455. The summed E-state index contributed by atoms with van der Waals surface area (Å²) >= 11 is 0. The van der Waals surface area contributed by atoms with E-state index in [2.05, 4.69) is 24.3 Å². The lowest BCUT2D eigenvalue weighted by Crippen LogP contribution is -2.43. The van der Waals surface area contributed by atoms with Crippen molar-refractivity contribution in [1.29, 1.82) is 0 Å². The lowest BCUT2D eigenvalue weighted by molar-refractivity contribution is -0.0426. The molecule has 0 aliphatic carbocycles. The van der Waals surface area contributed by atoms with Crippen LogP contribution in [0.2, 0.25) is 0 Å². The minimum absolute atomic E-state index is 0.0940. The van der Waals surface area contributed by atoms with Gasteiger partial charge in [0.1, 0.15) is 6.10 Å². The fourth-order valence-corrected chi connectivity index (χ4v) is 4.04. The van der Waals surface area contributed by atoms with Crippen LogP contribution in [0.25, 0.3) is 0 Å². The maximum absolute atomic E-state index is 9.19. The Labute approximate surface area is 172 Å². The lowest BCUT2D eigenvalue weighted by atomic mass is 9.97. The molecule has 2 heterocycles. The molecule has 3 atom stereocenters. The summed E-state index contributed by atoms with van der Waals surface area (Å²) in [6.45, 7) is -1.99. The van der Waals surface area contributed by atoms with E-state index in [9.17, 15) is 8.42 Å². The first-order valence-corrected chi connectivity index (χ1v) is 11.3. The Morgan fingerprint density at radius 1 is 1.00 bits per heavy atom. The summed E-state index contributed by atoms with van der Waals surface area (Å²) in [6, 6.07) is 20.8. The van der Waals surface area contributed by atoms with Crippen molar-refractivity contribution >= 4 is 10.1 Å². The van der Waals surface area contributed by atoms with E-state index in [1.54, 1.807) is 4.90 Å². The number of hydrogen-bond acceptors (Lipinski definition) is 4. The average molecular weight is 407 g/mol. The second-order valence-electron chi connectivity index (χ2n) is 7.46. The Morgan fingerprint density at radius 2 is 1.43 bits per heavy atom. The molecule has 6 heteroatoms. The van der Waals surface area contributed by atoms with Crippen LogP contribution in [0.5, 0.6) is 0 Å². The van der Waals surface area contributed by atoms with Gasteiger partial charge in [-0.2, -0.15) is 8.42 Å². The van der Waals surface area contributed by atoms with Crippen LogP contribution in [0.15, 0.2) is 60.7 Å². The first kappa shape index (κ1) is 17.2. The molecule has 0 saturated carbocycles. The molecule has 0 spiro atoms. The molecule has 28 heavy (non-hydrogen) atoms. The van der Waals surface area contributed by atoms with Crippen LogP contribution in [-0.2, 0) is 14.9 Å². The van der Waals surface area contributed by atoms with Crippen molar-refractivity contribution in [2.75, 3.05) is 13.2 Å². The standard InChI is InChI=1S/C21H25NO.CH4O3S/c1-22-18-12-13-19(22)15-20(14-18)23-21(16-8-4-2-5-9-16)17-10-6-3-7-11-17;1-5(2,3)4/h2-11,18-21H,12-15H2,1H3;1H3,(H,2,3,4)/t18-,19+,20?;/i1D3;. The minimum atomic E-state index is -3.67. The molecule has 2 aromatic rings. The second-order valence-corrected chi connectivity index (χ2v) is 8.92. The van der Waals surface area contributed by atoms with Crippen molar-refractivity contribution in [2.45, 2.75) is 50.0 Å². The monoisotopic (exact) mass is 406 g/mol. The average Bonchev–Trinajstić information content (AvgIpc) is 2.98. The van der Waals surface area contributed by atoms with Crippen LogP contribution in [0.4, 0.5) is 0 Å². The molecule has 2 saturated heterocycles. The Morgan fingerprint density at radius 3 is 1.82 bits per heavy atom. The highest BCUT2D eigenvalue weighted by molar-refractivity contribution is 7.85. The summed E-state index contributed by atoms with van der Waals surface area (Å²) in [4.78, 5) is 1.76. The minimum Gasteiger partial charge on any atom is -0.365 e. The molecule has 2 bridgehead atoms. The Balaban J connectivity index is 0.000000491. The van der Waals surface area contributed by atoms with E-state index in [0.717, 1.165) is 36.8 Å². The van der Waals surface area contributed by atoms with Gasteiger partial charge in [-0.15, -0.1) is 0 Å². The zero-order valence-electron chi connectivity index (χ0n) is 18.9. The summed E-state index contributed by atoms with van der Waals surface area (Å²) in [6.07, 6.45) is 4.22. The fourth-order valence-electron chi connectivity index (χ4n) is 4.04. The molecular formula is C22H29NO4S. The summed E-state index contributed by atoms with van der Waals surface area (Å²) in [5.41, 5.74) is 2.29. The van der Waals surface area contributed by atoms with Gasteiger partial charge in [-0.25, -0.2) is 0 Å². The number of nitrogens with zero attached hydrogens (tertiary/aromatic N) is 1. The molecule has 5 nitrogen and oxygen atoms in total. The normalized spacial score (nSPS) is 26.7. The molecule has 2 fully saturated rings. The molecule has 1 unspecified atom stereocenters. The van der Waals surface area contributed by atoms with Crippen molar-refractivity contribution in [3.05, 3.63) is 71.8 Å². The van der Waals surface area contributed by atoms with Gasteiger partial charge < -0.3 is 9.64 Å². The van der Waals surface area contributed by atoms with Crippen molar-refractivity contribution in [3.8, 4) is 0 Å². The molecule has 0 radical (unpaired) electrons. The van der Waals surface area contributed by atoms with E-state index >= 15 is 0 Å². The number of piperidine rings is 1. The molecule has 2 aliphatic heterocycles. The summed E-state index contributed by atoms with van der Waals surface area (Å²) < 4.78 is 55.9. The van der Waals surface area contributed by atoms with Gasteiger partial charge in [0.2, 0.25) is 0 Å². The van der Waals surface area contributed by atoms with E-state index in [0.29, 0.717) is 6.26 Å². The van der Waals surface area contributed by atoms with Crippen molar-refractivity contribution < 1.29 is 21.8 Å². The summed E-state index contributed by atoms with van der Waals surface area (Å²) in [5.74, 6) is 0. The van der Waals surface area contributed by atoms with Crippen LogP contribution in [-0.4, -0.2) is 49.3 Å². The largest absolute Gasteiger partial charge is 0.365 e. The smallest absolute Gasteiger partial charge is 0.261 e. The van der Waals surface area contributed by atoms with E-state index < -0.39 is 17.1 Å². The van der Waals surface area contributed by atoms with Gasteiger partial charge >= 0.3 is 0 Å². The SMILES string of the molecule is CS(=O)(=O)O.[2H]C([2H])([2H])N1[C@@H]2CC[C@H]1CC(OC(c1ccccc1)c1ccccc1)C2. The third kappa shape index (κ3) is 5.88. The molecule has 2 aliphatic rings. The molecule has 0 amide bonds. The van der Waals surface area contributed by atoms with Gasteiger partial charge in [0, 0.05) is 16.2 Å². The maximum atomic E-state index is 9.19. The predicted molar refractivity (Wildman–Crippen MR) is 111 cm³/mol. The number of hydrogen-bond donors (Lipinski definition) is 1. The predicted octanol–water partition coefficient (Wildman–Crippen LogP) is 3.92. The van der Waals surface area contributed by atoms with Crippen molar-refractivity contribution in [3.63, 3.8) is 0 Å². The van der Waals surface area contributed by atoms with E-state index in [-0.39, 0.29) is 24.3 Å². The van der Waals surface area contributed by atoms with Gasteiger partial charge in [-0.1, -0.05) is 60.7 Å². The quantitative estimate of drug-likeness (QED) is 0.780. The topological polar surface area (TPSA) is 66.8 Å². The van der Waals surface area contributed by atoms with Gasteiger partial charge in [0.15, 0.2) is 0 Å². The van der Waals surface area contributed by atoms with Crippen LogP contribution in [0, 0.1) is 0 Å². The highest BCUT2D eigenvalue weighted by atomic mass is 32.2. The van der Waals surface area contributed by atoms with Crippen molar-refractivity contribution in [1.82, 2.24) is 4.90 Å². The van der Waals surface area contributed by atoms with Gasteiger partial charge in [0.25, 0.3) is 10.1 Å². The van der Waals surface area contributed by atoms with Crippen LogP contribution in [0.3, 0.4) is 0 Å². The van der Waals surface area contributed by atoms with Gasteiger partial charge in [-0.3, -0.25) is 4.55 Å². The zero-order chi connectivity index (χ0) is 22.6. The highest BCUT2D eigenvalue weighted by Gasteiger charge is 2.39. The molecular weight excluding hydrogens is 374 g/mol. The Kier molecular flexibility index (Phi) is 5.62. The molecule has 152 valence electrons. The van der Waals surface area contributed by atoms with E-state index in [1.165, 1.54) is 0 Å². The summed E-state index contributed by atoms with van der Waals surface area (Å²) in [5, 5.41) is 0. The Hall–Kier alpha value is -1.73. The van der Waals surface area contributed by atoms with E-state index in [1.807, 2.05) is 36.4 Å². The number of fused-ring (bicyclic) bond motifs is 2. The number of benzene rings is 2. The molecule has 2 aromatic carbocycles. The molecule has 0 aromatic heterocycles. The highest BCUT2D eigenvalue weighted by Crippen LogP contribution is 2.38. The second kappa shape index (κ2) is 9.18.